The van der Waals surface area contributed by atoms with Gasteiger partial charge in [0.2, 0.25) is 0 Å². The number of aromatic nitrogens is 1. The number of hydrogen-bond donors (Lipinski definition) is 1. The first-order valence-electron chi connectivity index (χ1n) is 6.79. The zero-order chi connectivity index (χ0) is 13.8. The molecule has 0 atom stereocenters. The Morgan fingerprint density at radius 3 is 2.60 bits per heavy atom. The molecule has 0 aliphatic heterocycles. The van der Waals surface area contributed by atoms with Crippen LogP contribution in [0.1, 0.15) is 17.0 Å². The van der Waals surface area contributed by atoms with Gasteiger partial charge in [0.05, 0.1) is 12.8 Å². The molecule has 0 spiro atoms. The minimum absolute atomic E-state index is 0.742. The van der Waals surface area contributed by atoms with E-state index >= 15 is 0 Å². The summed E-state index contributed by atoms with van der Waals surface area (Å²) in [6.45, 7) is 3.65. The zero-order valence-corrected chi connectivity index (χ0v) is 11.5. The lowest BCUT2D eigenvalue weighted by Crippen LogP contribution is -2.14. The van der Waals surface area contributed by atoms with Crippen LogP contribution in [0.5, 0.6) is 0 Å². The third-order valence-corrected chi connectivity index (χ3v) is 3.33. The molecule has 1 aromatic carbocycles. The predicted molar refractivity (Wildman–Crippen MR) is 79.8 cm³/mol. The standard InChI is InChI=1S/C17H18N2O/c1-14-6-8-15(9-7-14)19-10-2-4-16(19)12-18-13-17-5-3-11-20-17/h2-11,18H,12-13H2,1H3. The van der Waals surface area contributed by atoms with E-state index in [0.29, 0.717) is 0 Å². The van der Waals surface area contributed by atoms with Gasteiger partial charge in [0.15, 0.2) is 0 Å². The van der Waals surface area contributed by atoms with Gasteiger partial charge in [0.25, 0.3) is 0 Å². The first-order valence-corrected chi connectivity index (χ1v) is 6.79. The van der Waals surface area contributed by atoms with Crippen LogP contribution in [-0.2, 0) is 13.1 Å². The summed E-state index contributed by atoms with van der Waals surface area (Å²) in [5, 5.41) is 3.40. The van der Waals surface area contributed by atoms with Crippen molar-refractivity contribution in [2.45, 2.75) is 20.0 Å². The van der Waals surface area contributed by atoms with Crippen molar-refractivity contribution >= 4 is 0 Å². The van der Waals surface area contributed by atoms with Gasteiger partial charge in [-0.05, 0) is 43.3 Å². The van der Waals surface area contributed by atoms with Crippen molar-refractivity contribution < 1.29 is 4.42 Å². The highest BCUT2D eigenvalue weighted by atomic mass is 16.3. The Hall–Kier alpha value is -2.26. The molecule has 0 unspecified atom stereocenters. The molecule has 3 aromatic rings. The minimum atomic E-state index is 0.742. The van der Waals surface area contributed by atoms with Crippen molar-refractivity contribution in [1.29, 1.82) is 0 Å². The second kappa shape index (κ2) is 5.80. The highest BCUT2D eigenvalue weighted by Crippen LogP contribution is 2.13. The Kier molecular flexibility index (Phi) is 3.70. The first kappa shape index (κ1) is 12.8. The van der Waals surface area contributed by atoms with E-state index in [4.69, 9.17) is 4.42 Å². The number of rotatable bonds is 5. The van der Waals surface area contributed by atoms with Crippen molar-refractivity contribution in [2.75, 3.05) is 0 Å². The summed E-state index contributed by atoms with van der Waals surface area (Å²) in [5.41, 5.74) is 3.70. The average Bonchev–Trinajstić information content (AvgIpc) is 3.11. The van der Waals surface area contributed by atoms with E-state index in [1.165, 1.54) is 16.9 Å². The molecule has 0 fully saturated rings. The zero-order valence-electron chi connectivity index (χ0n) is 11.5. The Labute approximate surface area is 118 Å². The fourth-order valence-corrected chi connectivity index (χ4v) is 2.24. The van der Waals surface area contributed by atoms with Crippen LogP contribution in [-0.4, -0.2) is 4.57 Å². The van der Waals surface area contributed by atoms with E-state index in [0.717, 1.165) is 18.8 Å². The minimum Gasteiger partial charge on any atom is -0.468 e. The molecule has 3 rings (SSSR count). The molecule has 0 amide bonds. The van der Waals surface area contributed by atoms with Crippen molar-refractivity contribution in [1.82, 2.24) is 9.88 Å². The fourth-order valence-electron chi connectivity index (χ4n) is 2.24. The molecule has 0 aliphatic carbocycles. The van der Waals surface area contributed by atoms with Gasteiger partial charge in [-0.25, -0.2) is 0 Å². The number of furan rings is 1. The van der Waals surface area contributed by atoms with Crippen LogP contribution >= 0.6 is 0 Å². The van der Waals surface area contributed by atoms with E-state index in [1.807, 2.05) is 12.1 Å². The molecule has 0 saturated carbocycles. The van der Waals surface area contributed by atoms with E-state index in [2.05, 4.69) is 59.4 Å². The summed E-state index contributed by atoms with van der Waals surface area (Å²) < 4.78 is 7.51. The summed E-state index contributed by atoms with van der Waals surface area (Å²) in [7, 11) is 0. The van der Waals surface area contributed by atoms with Crippen molar-refractivity contribution in [3.05, 3.63) is 78.0 Å². The largest absolute Gasteiger partial charge is 0.468 e. The lowest BCUT2D eigenvalue weighted by Gasteiger charge is -2.10. The topological polar surface area (TPSA) is 30.1 Å². The maximum atomic E-state index is 5.31. The fraction of sp³-hybridized carbons (Fsp3) is 0.176. The van der Waals surface area contributed by atoms with Gasteiger partial charge in [-0.2, -0.15) is 0 Å². The quantitative estimate of drug-likeness (QED) is 0.763. The van der Waals surface area contributed by atoms with Crippen LogP contribution in [0.3, 0.4) is 0 Å². The van der Waals surface area contributed by atoms with Crippen LogP contribution in [0.25, 0.3) is 5.69 Å². The van der Waals surface area contributed by atoms with Gasteiger partial charge >= 0.3 is 0 Å². The first-order chi connectivity index (χ1) is 9.83. The van der Waals surface area contributed by atoms with E-state index in [1.54, 1.807) is 6.26 Å². The third-order valence-electron chi connectivity index (χ3n) is 3.33. The van der Waals surface area contributed by atoms with Crippen molar-refractivity contribution in [3.63, 3.8) is 0 Å². The highest BCUT2D eigenvalue weighted by molar-refractivity contribution is 5.37. The summed E-state index contributed by atoms with van der Waals surface area (Å²) >= 11 is 0. The SMILES string of the molecule is Cc1ccc(-n2cccc2CNCc2ccco2)cc1. The molecule has 3 nitrogen and oxygen atoms in total. The number of nitrogens with one attached hydrogen (secondary N) is 1. The molecule has 0 radical (unpaired) electrons. The molecule has 1 N–H and O–H groups in total. The van der Waals surface area contributed by atoms with Crippen LogP contribution in [0.2, 0.25) is 0 Å². The van der Waals surface area contributed by atoms with Crippen molar-refractivity contribution in [3.8, 4) is 5.69 Å². The van der Waals surface area contributed by atoms with Crippen LogP contribution in [0.15, 0.2) is 65.4 Å². The molecule has 2 heterocycles. The predicted octanol–water partition coefficient (Wildman–Crippen LogP) is 3.67. The lowest BCUT2D eigenvalue weighted by atomic mass is 10.2. The number of benzene rings is 1. The highest BCUT2D eigenvalue weighted by Gasteiger charge is 2.03. The Balaban J connectivity index is 1.68. The maximum Gasteiger partial charge on any atom is 0.117 e. The summed E-state index contributed by atoms with van der Waals surface area (Å²) in [6, 6.07) is 16.7. The Bertz CT molecular complexity index is 651. The molecular formula is C17H18N2O. The van der Waals surface area contributed by atoms with Gasteiger partial charge in [-0.3, -0.25) is 0 Å². The molecule has 0 aliphatic rings. The van der Waals surface area contributed by atoms with Gasteiger partial charge in [0.1, 0.15) is 5.76 Å². The summed E-state index contributed by atoms with van der Waals surface area (Å²) in [6.07, 6.45) is 3.79. The number of nitrogens with zero attached hydrogens (tertiary/aromatic N) is 1. The van der Waals surface area contributed by atoms with Crippen LogP contribution in [0.4, 0.5) is 0 Å². The van der Waals surface area contributed by atoms with Gasteiger partial charge < -0.3 is 14.3 Å². The smallest absolute Gasteiger partial charge is 0.117 e. The third kappa shape index (κ3) is 2.83. The van der Waals surface area contributed by atoms with E-state index in [-0.39, 0.29) is 0 Å². The second-order valence-electron chi connectivity index (χ2n) is 4.89. The van der Waals surface area contributed by atoms with Gasteiger partial charge in [-0.15, -0.1) is 0 Å². The molecule has 20 heavy (non-hydrogen) atoms. The van der Waals surface area contributed by atoms with E-state index < -0.39 is 0 Å². The molecule has 0 bridgehead atoms. The lowest BCUT2D eigenvalue weighted by molar-refractivity contribution is 0.481. The maximum absolute atomic E-state index is 5.31. The van der Waals surface area contributed by atoms with Gasteiger partial charge in [0, 0.05) is 24.1 Å². The van der Waals surface area contributed by atoms with Gasteiger partial charge in [-0.1, -0.05) is 17.7 Å². The number of aryl methyl sites for hydroxylation is 1. The summed E-state index contributed by atoms with van der Waals surface area (Å²) in [4.78, 5) is 0. The molecule has 2 aromatic heterocycles. The summed E-state index contributed by atoms with van der Waals surface area (Å²) in [5.74, 6) is 0.957. The van der Waals surface area contributed by atoms with E-state index in [9.17, 15) is 0 Å². The molecule has 102 valence electrons. The van der Waals surface area contributed by atoms with Crippen LogP contribution in [0, 0.1) is 6.92 Å². The normalized spacial score (nSPS) is 10.8. The second-order valence-corrected chi connectivity index (χ2v) is 4.89. The molecule has 3 heteroatoms. The van der Waals surface area contributed by atoms with Crippen LogP contribution < -0.4 is 5.32 Å². The Morgan fingerprint density at radius 1 is 1.00 bits per heavy atom. The molecule has 0 saturated heterocycles. The monoisotopic (exact) mass is 266 g/mol. The average molecular weight is 266 g/mol. The Morgan fingerprint density at radius 2 is 1.85 bits per heavy atom. The molecular weight excluding hydrogens is 248 g/mol. The van der Waals surface area contributed by atoms with Crippen molar-refractivity contribution in [2.24, 2.45) is 0 Å². The number of hydrogen-bond acceptors (Lipinski definition) is 2.